The number of hydrogen-bond donors (Lipinski definition) is 1. The number of nitrogens with one attached hydrogen (secondary N) is 1. The van der Waals surface area contributed by atoms with Gasteiger partial charge in [0.2, 0.25) is 5.91 Å². The van der Waals surface area contributed by atoms with Crippen LogP contribution in [0.4, 0.5) is 5.69 Å². The Labute approximate surface area is 165 Å². The van der Waals surface area contributed by atoms with E-state index in [1.165, 1.54) is 0 Å². The summed E-state index contributed by atoms with van der Waals surface area (Å²) in [6, 6.07) is 7.82. The van der Waals surface area contributed by atoms with E-state index in [-0.39, 0.29) is 5.91 Å². The SMILES string of the molecule is COc1cccc(Cn2cc(NC(=O)CCn3ncc(I)c3C)cn2)c1. The number of rotatable bonds is 7. The molecule has 0 saturated heterocycles. The summed E-state index contributed by atoms with van der Waals surface area (Å²) in [5.74, 6) is 0.752. The molecule has 0 aliphatic heterocycles. The smallest absolute Gasteiger partial charge is 0.226 e. The summed E-state index contributed by atoms with van der Waals surface area (Å²) in [5, 5.41) is 11.4. The van der Waals surface area contributed by atoms with E-state index in [1.54, 1.807) is 24.2 Å². The topological polar surface area (TPSA) is 74.0 Å². The van der Waals surface area contributed by atoms with Crippen molar-refractivity contribution in [2.24, 2.45) is 0 Å². The third kappa shape index (κ3) is 4.63. The zero-order valence-electron chi connectivity index (χ0n) is 14.6. The molecular weight excluding hydrogens is 445 g/mol. The molecule has 26 heavy (non-hydrogen) atoms. The molecule has 8 heteroatoms. The predicted molar refractivity (Wildman–Crippen MR) is 107 cm³/mol. The fourth-order valence-corrected chi connectivity index (χ4v) is 2.96. The van der Waals surface area contributed by atoms with E-state index in [0.717, 1.165) is 20.6 Å². The molecule has 0 aliphatic carbocycles. The average Bonchev–Trinajstić information content (AvgIpc) is 3.20. The fourth-order valence-electron chi connectivity index (χ4n) is 2.55. The maximum Gasteiger partial charge on any atom is 0.226 e. The Morgan fingerprint density at radius 2 is 2.15 bits per heavy atom. The van der Waals surface area contributed by atoms with Crippen LogP contribution in [0.1, 0.15) is 17.7 Å². The molecule has 2 heterocycles. The summed E-state index contributed by atoms with van der Waals surface area (Å²) in [6.07, 6.45) is 5.63. The fraction of sp³-hybridized carbons (Fsp3) is 0.278. The van der Waals surface area contributed by atoms with Crippen LogP contribution in [0.25, 0.3) is 0 Å². The van der Waals surface area contributed by atoms with Gasteiger partial charge in [0.1, 0.15) is 5.75 Å². The highest BCUT2D eigenvalue weighted by atomic mass is 127. The molecule has 0 fully saturated rings. The maximum atomic E-state index is 12.1. The summed E-state index contributed by atoms with van der Waals surface area (Å²) in [7, 11) is 1.65. The van der Waals surface area contributed by atoms with Gasteiger partial charge in [0.15, 0.2) is 0 Å². The van der Waals surface area contributed by atoms with Crippen LogP contribution in [0, 0.1) is 10.5 Å². The largest absolute Gasteiger partial charge is 0.497 e. The molecule has 0 unspecified atom stereocenters. The van der Waals surface area contributed by atoms with Crippen molar-refractivity contribution < 1.29 is 9.53 Å². The van der Waals surface area contributed by atoms with Crippen LogP contribution in [-0.2, 0) is 17.9 Å². The van der Waals surface area contributed by atoms with Crippen LogP contribution >= 0.6 is 22.6 Å². The van der Waals surface area contributed by atoms with E-state index >= 15 is 0 Å². The van der Waals surface area contributed by atoms with E-state index in [1.807, 2.05) is 42.1 Å². The Hall–Kier alpha value is -2.36. The number of benzene rings is 1. The molecule has 3 aromatic rings. The third-order valence-electron chi connectivity index (χ3n) is 3.99. The summed E-state index contributed by atoms with van der Waals surface area (Å²) < 4.78 is 9.95. The molecule has 1 aromatic carbocycles. The molecule has 0 bridgehead atoms. The highest BCUT2D eigenvalue weighted by Gasteiger charge is 2.08. The van der Waals surface area contributed by atoms with Gasteiger partial charge in [-0.2, -0.15) is 10.2 Å². The minimum Gasteiger partial charge on any atom is -0.497 e. The Bertz CT molecular complexity index is 903. The van der Waals surface area contributed by atoms with Gasteiger partial charge >= 0.3 is 0 Å². The van der Waals surface area contributed by atoms with Crippen molar-refractivity contribution in [3.63, 3.8) is 0 Å². The van der Waals surface area contributed by atoms with Crippen LogP contribution in [0.5, 0.6) is 5.75 Å². The minimum absolute atomic E-state index is 0.0594. The van der Waals surface area contributed by atoms with Crippen molar-refractivity contribution in [3.8, 4) is 5.75 Å². The first-order valence-electron chi connectivity index (χ1n) is 8.18. The Morgan fingerprint density at radius 3 is 2.88 bits per heavy atom. The summed E-state index contributed by atoms with van der Waals surface area (Å²) in [4.78, 5) is 12.1. The van der Waals surface area contributed by atoms with Crippen LogP contribution in [-0.4, -0.2) is 32.6 Å². The molecule has 0 atom stereocenters. The molecule has 0 radical (unpaired) electrons. The Balaban J connectivity index is 1.54. The number of aromatic nitrogens is 4. The van der Waals surface area contributed by atoms with Crippen LogP contribution in [0.2, 0.25) is 0 Å². The van der Waals surface area contributed by atoms with Crippen molar-refractivity contribution in [2.45, 2.75) is 26.4 Å². The predicted octanol–water partition coefficient (Wildman–Crippen LogP) is 3.08. The van der Waals surface area contributed by atoms with E-state index in [9.17, 15) is 4.79 Å². The molecule has 1 N–H and O–H groups in total. The molecule has 3 rings (SSSR count). The van der Waals surface area contributed by atoms with E-state index in [4.69, 9.17) is 4.74 Å². The molecule has 136 valence electrons. The van der Waals surface area contributed by atoms with E-state index < -0.39 is 0 Å². The van der Waals surface area contributed by atoms with Crippen LogP contribution in [0.15, 0.2) is 42.9 Å². The van der Waals surface area contributed by atoms with Gasteiger partial charge in [0.05, 0.1) is 41.9 Å². The second-order valence-electron chi connectivity index (χ2n) is 5.88. The zero-order chi connectivity index (χ0) is 18.5. The third-order valence-corrected chi connectivity index (χ3v) is 5.05. The lowest BCUT2D eigenvalue weighted by atomic mass is 10.2. The highest BCUT2D eigenvalue weighted by Crippen LogP contribution is 2.15. The number of carbonyl (C=O) groups excluding carboxylic acids is 1. The van der Waals surface area contributed by atoms with E-state index in [0.29, 0.717) is 25.2 Å². The standard InChI is InChI=1S/C18H20IN5O2/c1-13-17(19)10-21-24(13)7-6-18(25)22-15-9-20-23(12-15)11-14-4-3-5-16(8-14)26-2/h3-5,8-10,12H,6-7,11H2,1-2H3,(H,22,25). The summed E-state index contributed by atoms with van der Waals surface area (Å²) >= 11 is 2.23. The number of aryl methyl sites for hydroxylation is 1. The van der Waals surface area contributed by atoms with Crippen molar-refractivity contribution >= 4 is 34.2 Å². The van der Waals surface area contributed by atoms with Gasteiger partial charge in [-0.25, -0.2) is 0 Å². The van der Waals surface area contributed by atoms with Crippen molar-refractivity contribution in [3.05, 3.63) is 57.7 Å². The number of amides is 1. The molecular formula is C18H20IN5O2. The van der Waals surface area contributed by atoms with Crippen molar-refractivity contribution in [1.29, 1.82) is 0 Å². The molecule has 7 nitrogen and oxygen atoms in total. The number of halogens is 1. The van der Waals surface area contributed by atoms with Crippen LogP contribution < -0.4 is 10.1 Å². The van der Waals surface area contributed by atoms with Gasteiger partial charge in [0, 0.05) is 18.3 Å². The van der Waals surface area contributed by atoms with Gasteiger partial charge in [-0.3, -0.25) is 14.2 Å². The minimum atomic E-state index is -0.0594. The van der Waals surface area contributed by atoms with Gasteiger partial charge in [0.25, 0.3) is 0 Å². The summed E-state index contributed by atoms with van der Waals surface area (Å²) in [5.41, 5.74) is 2.84. The first kappa shape index (κ1) is 18.4. The molecule has 0 aliphatic rings. The number of hydrogen-bond acceptors (Lipinski definition) is 4. The first-order valence-corrected chi connectivity index (χ1v) is 9.26. The average molecular weight is 465 g/mol. The van der Waals surface area contributed by atoms with Gasteiger partial charge in [-0.15, -0.1) is 0 Å². The van der Waals surface area contributed by atoms with Gasteiger partial charge in [-0.05, 0) is 47.2 Å². The van der Waals surface area contributed by atoms with Crippen molar-refractivity contribution in [1.82, 2.24) is 19.6 Å². The highest BCUT2D eigenvalue weighted by molar-refractivity contribution is 14.1. The number of carbonyl (C=O) groups is 1. The lowest BCUT2D eigenvalue weighted by molar-refractivity contribution is -0.116. The second kappa shape index (κ2) is 8.35. The molecule has 0 spiro atoms. The zero-order valence-corrected chi connectivity index (χ0v) is 16.8. The normalized spacial score (nSPS) is 10.7. The van der Waals surface area contributed by atoms with Crippen molar-refractivity contribution in [2.75, 3.05) is 12.4 Å². The summed E-state index contributed by atoms with van der Waals surface area (Å²) in [6.45, 7) is 3.16. The molecule has 0 saturated carbocycles. The number of nitrogens with zero attached hydrogens (tertiary/aromatic N) is 4. The monoisotopic (exact) mass is 465 g/mol. The molecule has 1 amide bonds. The number of ether oxygens (including phenoxy) is 1. The lowest BCUT2D eigenvalue weighted by Gasteiger charge is -2.06. The van der Waals surface area contributed by atoms with E-state index in [2.05, 4.69) is 38.1 Å². The molecule has 2 aromatic heterocycles. The first-order chi connectivity index (χ1) is 12.5. The number of methoxy groups -OCH3 is 1. The quantitative estimate of drug-likeness (QED) is 0.545. The van der Waals surface area contributed by atoms with Crippen LogP contribution in [0.3, 0.4) is 0 Å². The Kier molecular flexibility index (Phi) is 5.92. The maximum absolute atomic E-state index is 12.1. The lowest BCUT2D eigenvalue weighted by Crippen LogP contribution is -2.15. The van der Waals surface area contributed by atoms with Gasteiger partial charge in [-0.1, -0.05) is 12.1 Å². The second-order valence-corrected chi connectivity index (χ2v) is 7.04. The van der Waals surface area contributed by atoms with Gasteiger partial charge < -0.3 is 10.1 Å². The Morgan fingerprint density at radius 1 is 1.31 bits per heavy atom. The number of anilines is 1.